The SMILES string of the molecule is Cc1cc(C(=O)NC[C@@H]2CCCO[C@H]2c2cn[nH]c2)nn1-c1ccccc1. The summed E-state index contributed by atoms with van der Waals surface area (Å²) in [4.78, 5) is 12.6. The molecule has 140 valence electrons. The van der Waals surface area contributed by atoms with E-state index in [1.54, 1.807) is 10.9 Å². The molecule has 1 fully saturated rings. The highest BCUT2D eigenvalue weighted by Crippen LogP contribution is 2.32. The molecule has 2 atom stereocenters. The van der Waals surface area contributed by atoms with Crippen molar-refractivity contribution in [2.45, 2.75) is 25.9 Å². The highest BCUT2D eigenvalue weighted by atomic mass is 16.5. The minimum atomic E-state index is -0.163. The van der Waals surface area contributed by atoms with Gasteiger partial charge in [0, 0.05) is 36.5 Å². The lowest BCUT2D eigenvalue weighted by molar-refractivity contribution is -0.0272. The molecule has 7 nitrogen and oxygen atoms in total. The number of aromatic amines is 1. The molecule has 2 N–H and O–H groups in total. The molecule has 0 unspecified atom stereocenters. The zero-order chi connectivity index (χ0) is 18.6. The van der Waals surface area contributed by atoms with Crippen LogP contribution in [0.4, 0.5) is 0 Å². The summed E-state index contributed by atoms with van der Waals surface area (Å²) in [6.45, 7) is 3.23. The Bertz CT molecular complexity index is 889. The fourth-order valence-corrected chi connectivity index (χ4v) is 3.57. The molecule has 3 heterocycles. The number of nitrogens with zero attached hydrogens (tertiary/aromatic N) is 3. The number of nitrogens with one attached hydrogen (secondary N) is 2. The first-order chi connectivity index (χ1) is 13.2. The van der Waals surface area contributed by atoms with Gasteiger partial charge in [-0.25, -0.2) is 4.68 Å². The van der Waals surface area contributed by atoms with Gasteiger partial charge in [-0.2, -0.15) is 10.2 Å². The number of carbonyl (C=O) groups excluding carboxylic acids is 1. The normalized spacial score (nSPS) is 19.7. The molecule has 1 aliphatic rings. The van der Waals surface area contributed by atoms with Gasteiger partial charge in [-0.15, -0.1) is 0 Å². The van der Waals surface area contributed by atoms with Crippen LogP contribution in [0.5, 0.6) is 0 Å². The molecule has 27 heavy (non-hydrogen) atoms. The maximum absolute atomic E-state index is 12.6. The number of hydrogen-bond acceptors (Lipinski definition) is 4. The number of rotatable bonds is 5. The number of amides is 1. The summed E-state index contributed by atoms with van der Waals surface area (Å²) in [5.41, 5.74) is 3.31. The van der Waals surface area contributed by atoms with Crippen molar-refractivity contribution in [3.8, 4) is 5.69 Å². The Kier molecular flexibility index (Phi) is 5.02. The summed E-state index contributed by atoms with van der Waals surface area (Å²) in [6.07, 6.45) is 5.61. The Hall–Kier alpha value is -2.93. The first kappa shape index (κ1) is 17.5. The number of benzene rings is 1. The fraction of sp³-hybridized carbons (Fsp3) is 0.350. The molecule has 1 aromatic carbocycles. The first-order valence-corrected chi connectivity index (χ1v) is 9.23. The lowest BCUT2D eigenvalue weighted by atomic mass is 9.91. The van der Waals surface area contributed by atoms with E-state index in [9.17, 15) is 4.79 Å². The van der Waals surface area contributed by atoms with Gasteiger partial charge < -0.3 is 10.1 Å². The summed E-state index contributed by atoms with van der Waals surface area (Å²) in [5, 5.41) is 14.3. The molecular weight excluding hydrogens is 342 g/mol. The van der Waals surface area contributed by atoms with E-state index in [0.717, 1.165) is 36.4 Å². The van der Waals surface area contributed by atoms with Crippen molar-refractivity contribution >= 4 is 5.91 Å². The number of ether oxygens (including phenoxy) is 1. The number of aromatic nitrogens is 4. The van der Waals surface area contributed by atoms with E-state index in [2.05, 4.69) is 20.6 Å². The summed E-state index contributed by atoms with van der Waals surface area (Å²) in [6, 6.07) is 11.6. The summed E-state index contributed by atoms with van der Waals surface area (Å²) in [7, 11) is 0. The first-order valence-electron chi connectivity index (χ1n) is 9.23. The molecule has 0 aliphatic carbocycles. The summed E-state index contributed by atoms with van der Waals surface area (Å²) in [5.74, 6) is 0.0573. The topological polar surface area (TPSA) is 84.8 Å². The van der Waals surface area contributed by atoms with Crippen molar-refractivity contribution in [1.82, 2.24) is 25.3 Å². The van der Waals surface area contributed by atoms with Gasteiger partial charge in [0.05, 0.1) is 18.0 Å². The van der Waals surface area contributed by atoms with E-state index in [1.165, 1.54) is 0 Å². The van der Waals surface area contributed by atoms with Gasteiger partial charge in [-0.3, -0.25) is 9.89 Å². The van der Waals surface area contributed by atoms with Crippen LogP contribution in [0.25, 0.3) is 5.69 Å². The average molecular weight is 365 g/mol. The average Bonchev–Trinajstić information content (AvgIpc) is 3.37. The third kappa shape index (κ3) is 3.78. The third-order valence-electron chi connectivity index (χ3n) is 4.94. The van der Waals surface area contributed by atoms with Crippen LogP contribution in [-0.4, -0.2) is 39.0 Å². The standard InChI is InChI=1S/C20H23N5O2/c1-14-10-18(24-25(14)17-7-3-2-4-8-17)20(26)21-11-15-6-5-9-27-19(15)16-12-22-23-13-16/h2-4,7-8,10,12-13,15,19H,5-6,9,11H2,1H3,(H,21,26)(H,22,23)/t15-,19+/m0/s1. The zero-order valence-corrected chi connectivity index (χ0v) is 15.3. The maximum Gasteiger partial charge on any atom is 0.271 e. The van der Waals surface area contributed by atoms with E-state index in [0.29, 0.717) is 12.2 Å². The Labute approximate surface area is 157 Å². The van der Waals surface area contributed by atoms with Gasteiger partial charge in [-0.05, 0) is 38.0 Å². The van der Waals surface area contributed by atoms with Crippen LogP contribution in [-0.2, 0) is 4.74 Å². The molecule has 3 aromatic rings. The van der Waals surface area contributed by atoms with E-state index in [4.69, 9.17) is 4.74 Å². The lowest BCUT2D eigenvalue weighted by Crippen LogP contribution is -2.35. The molecule has 0 radical (unpaired) electrons. The second kappa shape index (κ2) is 7.75. The van der Waals surface area contributed by atoms with Gasteiger partial charge in [0.15, 0.2) is 5.69 Å². The summed E-state index contributed by atoms with van der Waals surface area (Å²) < 4.78 is 7.71. The number of aryl methyl sites for hydroxylation is 1. The van der Waals surface area contributed by atoms with E-state index in [1.807, 2.05) is 49.5 Å². The Morgan fingerprint density at radius 1 is 1.37 bits per heavy atom. The van der Waals surface area contributed by atoms with Crippen molar-refractivity contribution in [1.29, 1.82) is 0 Å². The van der Waals surface area contributed by atoms with Gasteiger partial charge in [0.2, 0.25) is 0 Å². The van der Waals surface area contributed by atoms with E-state index >= 15 is 0 Å². The van der Waals surface area contributed by atoms with Crippen LogP contribution in [0, 0.1) is 12.8 Å². The Morgan fingerprint density at radius 2 is 2.22 bits per heavy atom. The number of H-pyrrole nitrogens is 1. The van der Waals surface area contributed by atoms with Crippen molar-refractivity contribution in [3.05, 3.63) is 65.7 Å². The van der Waals surface area contributed by atoms with Crippen LogP contribution in [0.2, 0.25) is 0 Å². The third-order valence-corrected chi connectivity index (χ3v) is 4.94. The minimum absolute atomic E-state index is 0.0404. The highest BCUT2D eigenvalue weighted by Gasteiger charge is 2.28. The predicted molar refractivity (Wildman–Crippen MR) is 101 cm³/mol. The van der Waals surface area contributed by atoms with Crippen LogP contribution in [0.15, 0.2) is 48.8 Å². The van der Waals surface area contributed by atoms with Crippen LogP contribution < -0.4 is 5.32 Å². The van der Waals surface area contributed by atoms with Crippen LogP contribution in [0.1, 0.15) is 40.7 Å². The number of carbonyl (C=O) groups is 1. The maximum atomic E-state index is 12.6. The molecule has 1 amide bonds. The van der Waals surface area contributed by atoms with Crippen LogP contribution >= 0.6 is 0 Å². The van der Waals surface area contributed by atoms with E-state index < -0.39 is 0 Å². The Morgan fingerprint density at radius 3 is 3.00 bits per heavy atom. The van der Waals surface area contributed by atoms with Crippen molar-refractivity contribution in [2.75, 3.05) is 13.2 Å². The molecule has 1 aliphatic heterocycles. The quantitative estimate of drug-likeness (QED) is 0.728. The number of para-hydroxylation sites is 1. The molecule has 2 aromatic heterocycles. The van der Waals surface area contributed by atoms with Crippen molar-refractivity contribution < 1.29 is 9.53 Å². The smallest absolute Gasteiger partial charge is 0.271 e. The van der Waals surface area contributed by atoms with Gasteiger partial charge >= 0.3 is 0 Å². The van der Waals surface area contributed by atoms with Gasteiger partial charge in [0.25, 0.3) is 5.91 Å². The molecule has 7 heteroatoms. The highest BCUT2D eigenvalue weighted by molar-refractivity contribution is 5.92. The van der Waals surface area contributed by atoms with E-state index in [-0.39, 0.29) is 17.9 Å². The van der Waals surface area contributed by atoms with Gasteiger partial charge in [-0.1, -0.05) is 18.2 Å². The summed E-state index contributed by atoms with van der Waals surface area (Å²) >= 11 is 0. The van der Waals surface area contributed by atoms with Crippen LogP contribution in [0.3, 0.4) is 0 Å². The zero-order valence-electron chi connectivity index (χ0n) is 15.3. The van der Waals surface area contributed by atoms with Crippen molar-refractivity contribution in [2.24, 2.45) is 5.92 Å². The lowest BCUT2D eigenvalue weighted by Gasteiger charge is -2.31. The predicted octanol–water partition coefficient (Wildman–Crippen LogP) is 2.80. The molecule has 0 bridgehead atoms. The molecule has 1 saturated heterocycles. The minimum Gasteiger partial charge on any atom is -0.373 e. The molecule has 0 spiro atoms. The fourth-order valence-electron chi connectivity index (χ4n) is 3.57. The second-order valence-electron chi connectivity index (χ2n) is 6.85. The molecule has 4 rings (SSSR count). The Balaban J connectivity index is 1.43. The monoisotopic (exact) mass is 365 g/mol. The molecule has 0 saturated carbocycles. The van der Waals surface area contributed by atoms with Crippen molar-refractivity contribution in [3.63, 3.8) is 0 Å². The largest absolute Gasteiger partial charge is 0.373 e. The van der Waals surface area contributed by atoms with Gasteiger partial charge in [0.1, 0.15) is 0 Å². The number of hydrogen-bond donors (Lipinski definition) is 2. The molecular formula is C20H23N5O2. The second-order valence-corrected chi connectivity index (χ2v) is 6.85.